The number of nitrogens with one attached hydrogen (secondary N) is 1. The van der Waals surface area contributed by atoms with Gasteiger partial charge in [-0.25, -0.2) is 0 Å². The molecule has 0 aliphatic heterocycles. The zero-order valence-electron chi connectivity index (χ0n) is 12.2. The van der Waals surface area contributed by atoms with E-state index in [0.29, 0.717) is 17.3 Å². The molecular formula is C16H17ClN4O. The van der Waals surface area contributed by atoms with Crippen LogP contribution in [0.4, 0.5) is 0 Å². The zero-order valence-corrected chi connectivity index (χ0v) is 13.0. The molecule has 0 saturated heterocycles. The van der Waals surface area contributed by atoms with E-state index in [1.807, 2.05) is 47.3 Å². The minimum atomic E-state index is 0.278. The van der Waals surface area contributed by atoms with Crippen LogP contribution < -0.4 is 5.32 Å². The van der Waals surface area contributed by atoms with Gasteiger partial charge >= 0.3 is 0 Å². The van der Waals surface area contributed by atoms with E-state index < -0.39 is 0 Å². The predicted octanol–water partition coefficient (Wildman–Crippen LogP) is 3.37. The van der Waals surface area contributed by atoms with Crippen molar-refractivity contribution in [1.29, 1.82) is 0 Å². The van der Waals surface area contributed by atoms with Crippen LogP contribution in [-0.4, -0.2) is 21.0 Å². The van der Waals surface area contributed by atoms with Gasteiger partial charge in [0.25, 0.3) is 0 Å². The molecule has 1 unspecified atom stereocenters. The molecule has 0 aliphatic rings. The average Bonchev–Trinajstić information content (AvgIpc) is 3.17. The molecule has 0 spiro atoms. The predicted molar refractivity (Wildman–Crippen MR) is 85.5 cm³/mol. The van der Waals surface area contributed by atoms with Crippen LogP contribution in [-0.2, 0) is 13.1 Å². The first-order valence-corrected chi connectivity index (χ1v) is 7.51. The SMILES string of the molecule is CC(Cn1cccn1)NCc1cc(-c2ccccc2Cl)on1. The van der Waals surface area contributed by atoms with Gasteiger partial charge in [-0.3, -0.25) is 4.68 Å². The highest BCUT2D eigenvalue weighted by atomic mass is 35.5. The second-order valence-corrected chi connectivity index (χ2v) is 5.58. The lowest BCUT2D eigenvalue weighted by Gasteiger charge is -2.12. The summed E-state index contributed by atoms with van der Waals surface area (Å²) in [7, 11) is 0. The third-order valence-electron chi connectivity index (χ3n) is 3.35. The largest absolute Gasteiger partial charge is 0.356 e. The van der Waals surface area contributed by atoms with Crippen molar-refractivity contribution in [2.45, 2.75) is 26.1 Å². The Balaban J connectivity index is 1.59. The molecule has 0 radical (unpaired) electrons. The van der Waals surface area contributed by atoms with E-state index in [9.17, 15) is 0 Å². The first-order valence-electron chi connectivity index (χ1n) is 7.13. The molecule has 0 aliphatic carbocycles. The fourth-order valence-corrected chi connectivity index (χ4v) is 2.44. The van der Waals surface area contributed by atoms with Gasteiger partial charge in [0.2, 0.25) is 0 Å². The Hall–Kier alpha value is -2.11. The lowest BCUT2D eigenvalue weighted by Crippen LogP contribution is -2.30. The molecule has 0 saturated carbocycles. The van der Waals surface area contributed by atoms with Gasteiger partial charge in [0.1, 0.15) is 0 Å². The normalized spacial score (nSPS) is 12.5. The van der Waals surface area contributed by atoms with Crippen molar-refractivity contribution in [3.05, 3.63) is 59.5 Å². The van der Waals surface area contributed by atoms with Gasteiger partial charge in [0.05, 0.1) is 17.3 Å². The zero-order chi connectivity index (χ0) is 15.4. The van der Waals surface area contributed by atoms with E-state index in [-0.39, 0.29) is 6.04 Å². The van der Waals surface area contributed by atoms with Crippen LogP contribution in [0.3, 0.4) is 0 Å². The third kappa shape index (κ3) is 3.55. The second-order valence-electron chi connectivity index (χ2n) is 5.17. The quantitative estimate of drug-likeness (QED) is 0.757. The molecule has 2 heterocycles. The van der Waals surface area contributed by atoms with E-state index in [0.717, 1.165) is 17.8 Å². The molecular weight excluding hydrogens is 300 g/mol. The Morgan fingerprint density at radius 1 is 1.32 bits per heavy atom. The topological polar surface area (TPSA) is 55.9 Å². The molecule has 1 aromatic carbocycles. The lowest BCUT2D eigenvalue weighted by atomic mass is 10.1. The second kappa shape index (κ2) is 6.77. The molecule has 3 aromatic rings. The molecule has 114 valence electrons. The van der Waals surface area contributed by atoms with Gasteiger partial charge in [-0.2, -0.15) is 5.10 Å². The Morgan fingerprint density at radius 3 is 2.95 bits per heavy atom. The highest BCUT2D eigenvalue weighted by Crippen LogP contribution is 2.27. The molecule has 0 amide bonds. The van der Waals surface area contributed by atoms with Crippen LogP contribution in [0.25, 0.3) is 11.3 Å². The van der Waals surface area contributed by atoms with Crippen LogP contribution in [0.15, 0.2) is 53.3 Å². The maximum Gasteiger partial charge on any atom is 0.168 e. The summed E-state index contributed by atoms with van der Waals surface area (Å²) < 4.78 is 7.28. The first-order chi connectivity index (χ1) is 10.7. The Bertz CT molecular complexity index is 723. The van der Waals surface area contributed by atoms with Crippen molar-refractivity contribution >= 4 is 11.6 Å². The van der Waals surface area contributed by atoms with Crippen molar-refractivity contribution in [1.82, 2.24) is 20.3 Å². The van der Waals surface area contributed by atoms with Crippen molar-refractivity contribution in [3.63, 3.8) is 0 Å². The van der Waals surface area contributed by atoms with Crippen LogP contribution in [0.2, 0.25) is 5.02 Å². The fraction of sp³-hybridized carbons (Fsp3) is 0.250. The van der Waals surface area contributed by atoms with Gasteiger partial charge in [0, 0.05) is 36.6 Å². The molecule has 3 rings (SSSR count). The maximum atomic E-state index is 6.16. The summed E-state index contributed by atoms with van der Waals surface area (Å²) in [6.45, 7) is 3.55. The summed E-state index contributed by atoms with van der Waals surface area (Å²) in [5.41, 5.74) is 1.70. The van der Waals surface area contributed by atoms with Gasteiger partial charge in [-0.1, -0.05) is 28.9 Å². The van der Waals surface area contributed by atoms with E-state index in [4.69, 9.17) is 16.1 Å². The highest BCUT2D eigenvalue weighted by molar-refractivity contribution is 6.33. The summed E-state index contributed by atoms with van der Waals surface area (Å²) in [5.74, 6) is 0.683. The first kappa shape index (κ1) is 14.8. The number of rotatable bonds is 6. The van der Waals surface area contributed by atoms with Crippen LogP contribution in [0.5, 0.6) is 0 Å². The third-order valence-corrected chi connectivity index (χ3v) is 3.68. The summed E-state index contributed by atoms with van der Waals surface area (Å²) in [6.07, 6.45) is 3.73. The Kier molecular flexibility index (Phi) is 4.56. The number of aromatic nitrogens is 3. The fourth-order valence-electron chi connectivity index (χ4n) is 2.22. The molecule has 0 bridgehead atoms. The van der Waals surface area contributed by atoms with Crippen LogP contribution >= 0.6 is 11.6 Å². The van der Waals surface area contributed by atoms with Crippen molar-refractivity contribution in [3.8, 4) is 11.3 Å². The monoisotopic (exact) mass is 316 g/mol. The van der Waals surface area contributed by atoms with Gasteiger partial charge in [-0.15, -0.1) is 0 Å². The Labute approximate surface area is 133 Å². The number of nitrogens with zero attached hydrogens (tertiary/aromatic N) is 3. The summed E-state index contributed by atoms with van der Waals surface area (Å²) in [4.78, 5) is 0. The molecule has 1 N–H and O–H groups in total. The maximum absolute atomic E-state index is 6.16. The summed E-state index contributed by atoms with van der Waals surface area (Å²) in [6, 6.07) is 11.7. The molecule has 0 fully saturated rings. The summed E-state index contributed by atoms with van der Waals surface area (Å²) in [5, 5.41) is 12.3. The molecule has 5 nitrogen and oxygen atoms in total. The van der Waals surface area contributed by atoms with Crippen LogP contribution in [0, 0.1) is 0 Å². The van der Waals surface area contributed by atoms with Gasteiger partial charge in [0.15, 0.2) is 5.76 Å². The molecule has 2 aromatic heterocycles. The molecule has 6 heteroatoms. The molecule has 22 heavy (non-hydrogen) atoms. The average molecular weight is 317 g/mol. The van der Waals surface area contributed by atoms with Crippen LogP contribution in [0.1, 0.15) is 12.6 Å². The van der Waals surface area contributed by atoms with Crippen molar-refractivity contribution in [2.75, 3.05) is 0 Å². The molecule has 1 atom stereocenters. The standard InChI is InChI=1S/C16H17ClN4O/c1-12(11-21-8-4-7-19-21)18-10-13-9-16(22-20-13)14-5-2-3-6-15(14)17/h2-9,12,18H,10-11H2,1H3. The van der Waals surface area contributed by atoms with E-state index >= 15 is 0 Å². The number of hydrogen-bond donors (Lipinski definition) is 1. The minimum absolute atomic E-state index is 0.278. The number of hydrogen-bond acceptors (Lipinski definition) is 4. The van der Waals surface area contributed by atoms with E-state index in [1.165, 1.54) is 0 Å². The smallest absolute Gasteiger partial charge is 0.168 e. The van der Waals surface area contributed by atoms with Crippen molar-refractivity contribution < 1.29 is 4.52 Å². The lowest BCUT2D eigenvalue weighted by molar-refractivity contribution is 0.407. The highest BCUT2D eigenvalue weighted by Gasteiger charge is 2.10. The van der Waals surface area contributed by atoms with Crippen molar-refractivity contribution in [2.24, 2.45) is 0 Å². The van der Waals surface area contributed by atoms with E-state index in [1.54, 1.807) is 6.20 Å². The Morgan fingerprint density at radius 2 is 2.18 bits per heavy atom. The number of halogens is 1. The minimum Gasteiger partial charge on any atom is -0.356 e. The van der Waals surface area contributed by atoms with Gasteiger partial charge < -0.3 is 9.84 Å². The number of benzene rings is 1. The van der Waals surface area contributed by atoms with Gasteiger partial charge in [-0.05, 0) is 25.1 Å². The summed E-state index contributed by atoms with van der Waals surface area (Å²) >= 11 is 6.16. The van der Waals surface area contributed by atoms with E-state index in [2.05, 4.69) is 22.5 Å².